The molecule has 7 nitrogen and oxygen atoms in total. The van der Waals surface area contributed by atoms with Crippen LogP contribution in [0.5, 0.6) is 0 Å². The number of fused-ring (bicyclic) bond motifs is 2. The van der Waals surface area contributed by atoms with Crippen LogP contribution in [0.1, 0.15) is 43.8 Å². The Bertz CT molecular complexity index is 865. The minimum Gasteiger partial charge on any atom is -0.327 e. The van der Waals surface area contributed by atoms with Crippen LogP contribution in [0, 0.1) is 17.8 Å². The number of tetrazole rings is 1. The first-order chi connectivity index (χ1) is 12.6. The van der Waals surface area contributed by atoms with Gasteiger partial charge in [-0.1, -0.05) is 11.6 Å². The summed E-state index contributed by atoms with van der Waals surface area (Å²) in [5.41, 5.74) is 7.68. The maximum Gasteiger partial charge on any atom is 0.229 e. The van der Waals surface area contributed by atoms with E-state index in [0.717, 1.165) is 37.9 Å². The molecule has 1 aromatic heterocycles. The van der Waals surface area contributed by atoms with E-state index in [1.165, 1.54) is 0 Å². The van der Waals surface area contributed by atoms with E-state index in [4.69, 9.17) is 17.3 Å². The zero-order chi connectivity index (χ0) is 17.8. The topological polar surface area (TPSA) is 98.7 Å². The van der Waals surface area contributed by atoms with Crippen LogP contribution in [0.4, 0.5) is 5.69 Å². The molecular weight excluding hydrogens is 387 g/mol. The molecule has 5 rings (SSSR count). The van der Waals surface area contributed by atoms with Gasteiger partial charge < -0.3 is 11.1 Å². The van der Waals surface area contributed by atoms with Gasteiger partial charge in [0.2, 0.25) is 5.91 Å². The van der Waals surface area contributed by atoms with Gasteiger partial charge in [0, 0.05) is 17.6 Å². The first kappa shape index (κ1) is 18.7. The lowest BCUT2D eigenvalue weighted by molar-refractivity contribution is -0.121. The number of nitrogens with two attached hydrogens (primary N) is 1. The van der Waals surface area contributed by atoms with Crippen molar-refractivity contribution in [3.05, 3.63) is 29.0 Å². The second kappa shape index (κ2) is 7.04. The molecule has 3 N–H and O–H groups in total. The quantitative estimate of drug-likeness (QED) is 0.809. The zero-order valence-corrected chi connectivity index (χ0v) is 16.3. The fourth-order valence-corrected chi connectivity index (χ4v) is 4.86. The second-order valence-electron chi connectivity index (χ2n) is 7.81. The fraction of sp³-hybridized carbons (Fsp3) is 0.556. The predicted octanol–water partition coefficient (Wildman–Crippen LogP) is 2.93. The fourth-order valence-electron chi connectivity index (χ4n) is 4.66. The van der Waals surface area contributed by atoms with Gasteiger partial charge in [-0.25, -0.2) is 0 Å². The Kier molecular flexibility index (Phi) is 4.86. The molecule has 9 heteroatoms. The lowest BCUT2D eigenvalue weighted by Crippen LogP contribution is -2.42. The summed E-state index contributed by atoms with van der Waals surface area (Å²) < 4.78 is 1.68. The smallest absolute Gasteiger partial charge is 0.229 e. The number of hydrogen-bond acceptors (Lipinski definition) is 5. The minimum absolute atomic E-state index is 0. The molecule has 0 aliphatic heterocycles. The Balaban J connectivity index is 0.00000180. The average molecular weight is 409 g/mol. The number of benzene rings is 1. The van der Waals surface area contributed by atoms with Gasteiger partial charge in [0.1, 0.15) is 0 Å². The van der Waals surface area contributed by atoms with Crippen molar-refractivity contribution in [3.8, 4) is 5.69 Å². The number of rotatable bonds is 4. The van der Waals surface area contributed by atoms with Crippen molar-refractivity contribution in [2.24, 2.45) is 23.5 Å². The highest BCUT2D eigenvalue weighted by Gasteiger charge is 2.49. The van der Waals surface area contributed by atoms with Crippen LogP contribution in [0.2, 0.25) is 5.02 Å². The average Bonchev–Trinajstić information content (AvgIpc) is 3.05. The minimum atomic E-state index is -0.0945. The van der Waals surface area contributed by atoms with Crippen LogP contribution < -0.4 is 11.1 Å². The van der Waals surface area contributed by atoms with Crippen molar-refractivity contribution < 1.29 is 4.79 Å². The van der Waals surface area contributed by atoms with Gasteiger partial charge in [-0.3, -0.25) is 4.79 Å². The van der Waals surface area contributed by atoms with Gasteiger partial charge in [0.15, 0.2) is 5.82 Å². The highest BCUT2D eigenvalue weighted by molar-refractivity contribution is 6.32. The van der Waals surface area contributed by atoms with Gasteiger partial charge in [0.25, 0.3) is 0 Å². The standard InChI is InChI=1S/C18H21ClN6O.ClH/c19-13-6-5-12(8-14(13)25-17(9-1-2-9)22-23-24-25)21-18(26)15-10-3-4-11(7-10)16(15)20;/h5-6,8-11,15-16H,1-4,7,20H2,(H,21,26);1H. The van der Waals surface area contributed by atoms with E-state index in [2.05, 4.69) is 20.8 Å². The summed E-state index contributed by atoms with van der Waals surface area (Å²) in [5, 5.41) is 15.6. The molecule has 3 aliphatic rings. The molecule has 27 heavy (non-hydrogen) atoms. The van der Waals surface area contributed by atoms with Crippen molar-refractivity contribution >= 4 is 35.6 Å². The SMILES string of the molecule is Cl.NC1C2CCC(C2)C1C(=O)Nc1ccc(Cl)c(-n2nnnc2C2CC2)c1. The third-order valence-corrected chi connectivity index (χ3v) is 6.48. The normalized spacial score (nSPS) is 28.8. The van der Waals surface area contributed by atoms with Gasteiger partial charge in [-0.15, -0.1) is 17.5 Å². The van der Waals surface area contributed by atoms with Gasteiger partial charge in [-0.05, 0) is 72.6 Å². The maximum atomic E-state index is 12.8. The van der Waals surface area contributed by atoms with Crippen LogP contribution >= 0.6 is 24.0 Å². The second-order valence-corrected chi connectivity index (χ2v) is 8.22. The Morgan fingerprint density at radius 2 is 2.00 bits per heavy atom. The van der Waals surface area contributed by atoms with E-state index in [-0.39, 0.29) is 30.3 Å². The summed E-state index contributed by atoms with van der Waals surface area (Å²) in [6, 6.07) is 5.39. The molecule has 1 amide bonds. The third-order valence-electron chi connectivity index (χ3n) is 6.16. The van der Waals surface area contributed by atoms with Crippen LogP contribution in [0.25, 0.3) is 5.69 Å². The van der Waals surface area contributed by atoms with Crippen LogP contribution in [-0.2, 0) is 4.79 Å². The summed E-state index contributed by atoms with van der Waals surface area (Å²) in [7, 11) is 0. The highest BCUT2D eigenvalue weighted by atomic mass is 35.5. The molecule has 3 aliphatic carbocycles. The van der Waals surface area contributed by atoms with Crippen molar-refractivity contribution in [2.75, 3.05) is 5.32 Å². The Labute approximate surface area is 168 Å². The lowest BCUT2D eigenvalue weighted by atomic mass is 9.84. The maximum absolute atomic E-state index is 12.8. The summed E-state index contributed by atoms with van der Waals surface area (Å²) in [4.78, 5) is 12.8. The van der Waals surface area contributed by atoms with Crippen LogP contribution in [0.15, 0.2) is 18.2 Å². The number of carbonyl (C=O) groups excluding carboxylic acids is 1. The number of amides is 1. The number of carbonyl (C=O) groups is 1. The summed E-state index contributed by atoms with van der Waals surface area (Å²) >= 11 is 6.37. The van der Waals surface area contributed by atoms with E-state index in [1.807, 2.05) is 12.1 Å². The van der Waals surface area contributed by atoms with E-state index in [9.17, 15) is 4.79 Å². The zero-order valence-electron chi connectivity index (χ0n) is 14.7. The lowest BCUT2D eigenvalue weighted by Gasteiger charge is -2.27. The molecule has 0 saturated heterocycles. The first-order valence-corrected chi connectivity index (χ1v) is 9.64. The number of nitrogens with zero attached hydrogens (tertiary/aromatic N) is 4. The van der Waals surface area contributed by atoms with E-state index in [1.54, 1.807) is 10.7 Å². The van der Waals surface area contributed by atoms with Crippen LogP contribution in [-0.4, -0.2) is 32.2 Å². The predicted molar refractivity (Wildman–Crippen MR) is 104 cm³/mol. The number of aromatic nitrogens is 4. The van der Waals surface area contributed by atoms with Crippen molar-refractivity contribution in [3.63, 3.8) is 0 Å². The third kappa shape index (κ3) is 3.22. The molecule has 1 aromatic carbocycles. The van der Waals surface area contributed by atoms with Crippen LogP contribution in [0.3, 0.4) is 0 Å². The number of hydrogen-bond donors (Lipinski definition) is 2. The molecule has 144 valence electrons. The van der Waals surface area contributed by atoms with Crippen molar-refractivity contribution in [2.45, 2.75) is 44.1 Å². The molecular formula is C18H22Cl2N6O. The van der Waals surface area contributed by atoms with Gasteiger partial charge >= 0.3 is 0 Å². The molecule has 1 heterocycles. The van der Waals surface area contributed by atoms with Gasteiger partial charge in [-0.2, -0.15) is 4.68 Å². The van der Waals surface area contributed by atoms with E-state index >= 15 is 0 Å². The van der Waals surface area contributed by atoms with Crippen molar-refractivity contribution in [1.82, 2.24) is 20.2 Å². The van der Waals surface area contributed by atoms with Crippen molar-refractivity contribution in [1.29, 1.82) is 0 Å². The summed E-state index contributed by atoms with van der Waals surface area (Å²) in [5.74, 6) is 2.05. The molecule has 0 spiro atoms. The Morgan fingerprint density at radius 1 is 1.22 bits per heavy atom. The van der Waals surface area contributed by atoms with Gasteiger partial charge in [0.05, 0.1) is 16.6 Å². The van der Waals surface area contributed by atoms with E-state index < -0.39 is 0 Å². The summed E-state index contributed by atoms with van der Waals surface area (Å²) in [6.45, 7) is 0. The van der Waals surface area contributed by atoms with E-state index in [0.29, 0.717) is 34.2 Å². The Hall–Kier alpha value is -1.70. The highest BCUT2D eigenvalue weighted by Crippen LogP contribution is 2.48. The molecule has 4 atom stereocenters. The molecule has 3 saturated carbocycles. The molecule has 2 bridgehead atoms. The first-order valence-electron chi connectivity index (χ1n) is 9.26. The molecule has 4 unspecified atom stereocenters. The molecule has 3 fully saturated rings. The largest absolute Gasteiger partial charge is 0.327 e. The number of nitrogens with one attached hydrogen (secondary N) is 1. The Morgan fingerprint density at radius 3 is 2.70 bits per heavy atom. The number of halogens is 2. The summed E-state index contributed by atoms with van der Waals surface area (Å²) in [6.07, 6.45) is 5.54. The number of anilines is 1. The molecule has 0 radical (unpaired) electrons. The molecule has 2 aromatic rings. The monoisotopic (exact) mass is 408 g/mol.